The summed E-state index contributed by atoms with van der Waals surface area (Å²) in [6.45, 7) is 2.32. The molecule has 0 aliphatic heterocycles. The lowest BCUT2D eigenvalue weighted by Gasteiger charge is -2.19. The van der Waals surface area contributed by atoms with E-state index in [-0.39, 0.29) is 5.91 Å². The molecule has 0 saturated heterocycles. The van der Waals surface area contributed by atoms with Gasteiger partial charge in [-0.2, -0.15) is 0 Å². The molecular formula is C13H20N2O2S. The lowest BCUT2D eigenvalue weighted by molar-refractivity contribution is -0.114. The van der Waals surface area contributed by atoms with E-state index in [4.69, 9.17) is 4.74 Å². The molecule has 100 valence electrons. The first-order valence-corrected chi connectivity index (χ1v) is 7.19. The maximum atomic E-state index is 11.1. The first-order chi connectivity index (χ1) is 8.70. The van der Waals surface area contributed by atoms with Gasteiger partial charge < -0.3 is 15.4 Å². The average molecular weight is 268 g/mol. The molecule has 1 saturated carbocycles. The summed E-state index contributed by atoms with van der Waals surface area (Å²) in [5, 5.41) is 8.39. The van der Waals surface area contributed by atoms with Crippen LogP contribution in [0.3, 0.4) is 0 Å². The largest absolute Gasteiger partial charge is 0.380 e. The number of hydrogen-bond donors (Lipinski definition) is 2. The monoisotopic (exact) mass is 268 g/mol. The van der Waals surface area contributed by atoms with Crippen LogP contribution in [-0.4, -0.2) is 25.2 Å². The second kappa shape index (κ2) is 6.31. The SMILES string of the molecule is COC1CCCC1NCc1sccc1NC(C)=O. The van der Waals surface area contributed by atoms with Gasteiger partial charge in [0.15, 0.2) is 0 Å². The molecule has 1 aromatic rings. The lowest BCUT2D eigenvalue weighted by Crippen LogP contribution is -2.36. The first kappa shape index (κ1) is 13.5. The number of carbonyl (C=O) groups is 1. The van der Waals surface area contributed by atoms with Crippen molar-refractivity contribution in [1.82, 2.24) is 5.32 Å². The zero-order valence-corrected chi connectivity index (χ0v) is 11.7. The van der Waals surface area contributed by atoms with Crippen molar-refractivity contribution in [2.24, 2.45) is 0 Å². The van der Waals surface area contributed by atoms with Gasteiger partial charge >= 0.3 is 0 Å². The molecule has 1 fully saturated rings. The normalized spacial score (nSPS) is 23.2. The number of rotatable bonds is 5. The Kier molecular flexibility index (Phi) is 4.74. The van der Waals surface area contributed by atoms with Crippen LogP contribution in [0.2, 0.25) is 0 Å². The first-order valence-electron chi connectivity index (χ1n) is 6.31. The van der Waals surface area contributed by atoms with Crippen LogP contribution in [0, 0.1) is 0 Å². The molecule has 2 unspecified atom stereocenters. The summed E-state index contributed by atoms with van der Waals surface area (Å²) in [5.41, 5.74) is 0.923. The zero-order chi connectivity index (χ0) is 13.0. The Balaban J connectivity index is 1.90. The van der Waals surface area contributed by atoms with Crippen molar-refractivity contribution in [1.29, 1.82) is 0 Å². The maximum Gasteiger partial charge on any atom is 0.221 e. The van der Waals surface area contributed by atoms with E-state index in [1.165, 1.54) is 24.6 Å². The predicted molar refractivity (Wildman–Crippen MR) is 73.9 cm³/mol. The Morgan fingerprint density at radius 3 is 3.11 bits per heavy atom. The van der Waals surface area contributed by atoms with Crippen LogP contribution in [0.1, 0.15) is 31.1 Å². The van der Waals surface area contributed by atoms with E-state index in [0.29, 0.717) is 12.1 Å². The fourth-order valence-corrected chi connectivity index (χ4v) is 3.23. The Morgan fingerprint density at radius 2 is 2.39 bits per heavy atom. The molecule has 0 spiro atoms. The molecule has 0 radical (unpaired) electrons. The Hall–Kier alpha value is -0.910. The number of thiophene rings is 1. The van der Waals surface area contributed by atoms with Crippen LogP contribution in [0.25, 0.3) is 0 Å². The quantitative estimate of drug-likeness (QED) is 0.862. The van der Waals surface area contributed by atoms with Gasteiger partial charge in [-0.15, -0.1) is 11.3 Å². The number of hydrogen-bond acceptors (Lipinski definition) is 4. The average Bonchev–Trinajstić information content (AvgIpc) is 2.94. The van der Waals surface area contributed by atoms with Crippen LogP contribution < -0.4 is 10.6 Å². The third kappa shape index (κ3) is 3.31. The molecule has 5 heteroatoms. The van der Waals surface area contributed by atoms with Gasteiger partial charge in [0.1, 0.15) is 0 Å². The molecule has 1 heterocycles. The van der Waals surface area contributed by atoms with Crippen LogP contribution in [0.5, 0.6) is 0 Å². The van der Waals surface area contributed by atoms with E-state index in [9.17, 15) is 4.79 Å². The molecule has 2 N–H and O–H groups in total. The molecule has 1 aliphatic rings. The van der Waals surface area contributed by atoms with Crippen molar-refractivity contribution in [3.8, 4) is 0 Å². The second-order valence-electron chi connectivity index (χ2n) is 4.63. The fourth-order valence-electron chi connectivity index (χ4n) is 2.44. The van der Waals surface area contributed by atoms with Gasteiger partial charge in [-0.05, 0) is 30.7 Å². The molecule has 4 nitrogen and oxygen atoms in total. The van der Waals surface area contributed by atoms with Crippen molar-refractivity contribution in [2.75, 3.05) is 12.4 Å². The molecule has 0 bridgehead atoms. The third-order valence-electron chi connectivity index (χ3n) is 3.34. The zero-order valence-electron chi connectivity index (χ0n) is 10.9. The van der Waals surface area contributed by atoms with Crippen molar-refractivity contribution < 1.29 is 9.53 Å². The van der Waals surface area contributed by atoms with Gasteiger partial charge in [-0.25, -0.2) is 0 Å². The Bertz CT molecular complexity index is 405. The Morgan fingerprint density at radius 1 is 1.56 bits per heavy atom. The number of amides is 1. The molecular weight excluding hydrogens is 248 g/mol. The standard InChI is InChI=1S/C13H20N2O2S/c1-9(16)15-11-6-7-18-13(11)8-14-10-4-3-5-12(10)17-2/h6-7,10,12,14H,3-5,8H2,1-2H3,(H,15,16). The number of anilines is 1. The number of carbonyl (C=O) groups excluding carboxylic acids is 1. The molecule has 1 aliphatic carbocycles. The predicted octanol–water partition coefficient (Wildman–Crippen LogP) is 2.36. The van der Waals surface area contributed by atoms with Crippen LogP contribution in [-0.2, 0) is 16.1 Å². The van der Waals surface area contributed by atoms with Gasteiger partial charge in [0.2, 0.25) is 5.91 Å². The lowest BCUT2D eigenvalue weighted by atomic mass is 10.2. The molecule has 0 aromatic carbocycles. The van der Waals surface area contributed by atoms with Gasteiger partial charge in [0.25, 0.3) is 0 Å². The molecule has 2 atom stereocenters. The highest BCUT2D eigenvalue weighted by atomic mass is 32.1. The van der Waals surface area contributed by atoms with Crippen molar-refractivity contribution >= 4 is 22.9 Å². The summed E-state index contributed by atoms with van der Waals surface area (Å²) in [5.74, 6) is -0.0229. The second-order valence-corrected chi connectivity index (χ2v) is 5.63. The smallest absolute Gasteiger partial charge is 0.221 e. The summed E-state index contributed by atoms with van der Waals surface area (Å²) < 4.78 is 5.46. The topological polar surface area (TPSA) is 50.4 Å². The van der Waals surface area contributed by atoms with Gasteiger partial charge in [0.05, 0.1) is 11.8 Å². The van der Waals surface area contributed by atoms with E-state index in [2.05, 4.69) is 10.6 Å². The molecule has 18 heavy (non-hydrogen) atoms. The molecule has 1 amide bonds. The van der Waals surface area contributed by atoms with E-state index >= 15 is 0 Å². The molecule has 2 rings (SSSR count). The highest BCUT2D eigenvalue weighted by Gasteiger charge is 2.26. The maximum absolute atomic E-state index is 11.1. The van der Waals surface area contributed by atoms with Crippen LogP contribution in [0.4, 0.5) is 5.69 Å². The van der Waals surface area contributed by atoms with Crippen LogP contribution in [0.15, 0.2) is 11.4 Å². The van der Waals surface area contributed by atoms with Gasteiger partial charge in [-0.1, -0.05) is 0 Å². The minimum atomic E-state index is -0.0229. The van der Waals surface area contributed by atoms with Gasteiger partial charge in [0, 0.05) is 31.5 Å². The fraction of sp³-hybridized carbons (Fsp3) is 0.615. The highest BCUT2D eigenvalue weighted by Crippen LogP contribution is 2.25. The third-order valence-corrected chi connectivity index (χ3v) is 4.26. The van der Waals surface area contributed by atoms with Gasteiger partial charge in [-0.3, -0.25) is 4.79 Å². The van der Waals surface area contributed by atoms with Crippen LogP contribution >= 0.6 is 11.3 Å². The minimum Gasteiger partial charge on any atom is -0.380 e. The van der Waals surface area contributed by atoms with E-state index < -0.39 is 0 Å². The summed E-state index contributed by atoms with van der Waals surface area (Å²) in [4.78, 5) is 12.2. The van der Waals surface area contributed by atoms with Crippen molar-refractivity contribution in [3.63, 3.8) is 0 Å². The number of methoxy groups -OCH3 is 1. The van der Waals surface area contributed by atoms with E-state index in [0.717, 1.165) is 18.7 Å². The summed E-state index contributed by atoms with van der Waals surface area (Å²) in [6.07, 6.45) is 3.85. The number of ether oxygens (including phenoxy) is 1. The number of nitrogens with one attached hydrogen (secondary N) is 2. The molecule has 1 aromatic heterocycles. The highest BCUT2D eigenvalue weighted by molar-refractivity contribution is 7.10. The Labute approximate surface area is 112 Å². The van der Waals surface area contributed by atoms with E-state index in [1.54, 1.807) is 18.4 Å². The minimum absolute atomic E-state index is 0.0229. The van der Waals surface area contributed by atoms with E-state index in [1.807, 2.05) is 11.4 Å². The summed E-state index contributed by atoms with van der Waals surface area (Å²) >= 11 is 1.67. The van der Waals surface area contributed by atoms with Crippen molar-refractivity contribution in [2.45, 2.75) is 44.9 Å². The summed E-state index contributed by atoms with van der Waals surface area (Å²) in [7, 11) is 1.78. The van der Waals surface area contributed by atoms with Crippen molar-refractivity contribution in [3.05, 3.63) is 16.3 Å². The summed E-state index contributed by atoms with van der Waals surface area (Å²) in [6, 6.07) is 2.38.